The first-order valence-electron chi connectivity index (χ1n) is 9.16. The van der Waals surface area contributed by atoms with E-state index in [0.717, 1.165) is 23.5 Å². The highest BCUT2D eigenvalue weighted by atomic mass is 19.1. The van der Waals surface area contributed by atoms with Gasteiger partial charge in [0.1, 0.15) is 18.2 Å². The maximum atomic E-state index is 13.9. The highest BCUT2D eigenvalue weighted by Gasteiger charge is 2.59. The number of rotatable bonds is 5. The second-order valence-electron chi connectivity index (χ2n) is 7.37. The maximum Gasteiger partial charge on any atom is 0.243 e. The largest absolute Gasteiger partial charge is 0.337 e. The Labute approximate surface area is 155 Å². The third-order valence-corrected chi connectivity index (χ3v) is 6.00. The number of hydrogen-bond acceptors (Lipinski definition) is 3. The Morgan fingerprint density at radius 3 is 2.19 bits per heavy atom. The quantitative estimate of drug-likeness (QED) is 0.586. The molecular weight excluding hydrogens is 354 g/mol. The van der Waals surface area contributed by atoms with Gasteiger partial charge in [-0.15, -0.1) is 0 Å². The fourth-order valence-corrected chi connectivity index (χ4v) is 4.61. The summed E-state index contributed by atoms with van der Waals surface area (Å²) in [5, 5.41) is 0. The summed E-state index contributed by atoms with van der Waals surface area (Å²) in [7, 11) is 0. The van der Waals surface area contributed by atoms with E-state index in [0.29, 0.717) is 0 Å². The molecule has 1 aromatic carbocycles. The van der Waals surface area contributed by atoms with Gasteiger partial charge < -0.3 is 4.90 Å². The number of allylic oxidation sites excluding steroid dienone is 2. The van der Waals surface area contributed by atoms with Gasteiger partial charge in [-0.2, -0.15) is 0 Å². The molecule has 2 bridgehead atoms. The van der Waals surface area contributed by atoms with Crippen molar-refractivity contribution in [1.29, 1.82) is 0 Å². The summed E-state index contributed by atoms with van der Waals surface area (Å²) >= 11 is 0. The first kappa shape index (κ1) is 17.8. The molecule has 4 atom stereocenters. The Balaban J connectivity index is 1.48. The van der Waals surface area contributed by atoms with Gasteiger partial charge >= 0.3 is 0 Å². The second kappa shape index (κ2) is 6.55. The maximum absolute atomic E-state index is 13.9. The Morgan fingerprint density at radius 2 is 1.67 bits per heavy atom. The molecule has 1 aromatic rings. The molecule has 0 N–H and O–H groups in total. The van der Waals surface area contributed by atoms with Crippen molar-refractivity contribution in [1.82, 2.24) is 9.80 Å². The number of hydrogen-bond donors (Lipinski definition) is 0. The van der Waals surface area contributed by atoms with Crippen molar-refractivity contribution in [2.24, 2.45) is 23.7 Å². The Morgan fingerprint density at radius 1 is 1.11 bits per heavy atom. The van der Waals surface area contributed by atoms with Crippen LogP contribution in [0.5, 0.6) is 0 Å². The van der Waals surface area contributed by atoms with Gasteiger partial charge in [0, 0.05) is 12.1 Å². The summed E-state index contributed by atoms with van der Waals surface area (Å²) in [6, 6.07) is 3.53. The Bertz CT molecular complexity index is 803. The van der Waals surface area contributed by atoms with Crippen LogP contribution in [0.15, 0.2) is 30.4 Å². The number of carbonyl (C=O) groups excluding carboxylic acids is 3. The van der Waals surface area contributed by atoms with Crippen LogP contribution in [0.3, 0.4) is 0 Å². The van der Waals surface area contributed by atoms with E-state index < -0.39 is 17.5 Å². The monoisotopic (exact) mass is 374 g/mol. The molecule has 5 nitrogen and oxygen atoms in total. The van der Waals surface area contributed by atoms with E-state index >= 15 is 0 Å². The topological polar surface area (TPSA) is 57.7 Å². The second-order valence-corrected chi connectivity index (χ2v) is 7.37. The van der Waals surface area contributed by atoms with Gasteiger partial charge in [-0.25, -0.2) is 8.78 Å². The number of benzene rings is 1. The van der Waals surface area contributed by atoms with Gasteiger partial charge in [0.2, 0.25) is 17.7 Å². The number of fused-ring (bicyclic) bond motifs is 5. The summed E-state index contributed by atoms with van der Waals surface area (Å²) < 4.78 is 27.8. The van der Waals surface area contributed by atoms with Crippen LogP contribution in [-0.2, 0) is 20.9 Å². The van der Waals surface area contributed by atoms with Crippen LogP contribution in [-0.4, -0.2) is 40.6 Å². The lowest BCUT2D eigenvalue weighted by Crippen LogP contribution is -2.43. The molecule has 7 heteroatoms. The zero-order chi connectivity index (χ0) is 19.3. The minimum absolute atomic E-state index is 0.0753. The molecule has 0 unspecified atom stereocenters. The van der Waals surface area contributed by atoms with Gasteiger partial charge in [0.05, 0.1) is 18.4 Å². The predicted molar refractivity (Wildman–Crippen MR) is 91.9 cm³/mol. The highest BCUT2D eigenvalue weighted by Crippen LogP contribution is 2.52. The third kappa shape index (κ3) is 2.76. The van der Waals surface area contributed by atoms with E-state index in [-0.39, 0.29) is 60.7 Å². The molecule has 1 saturated heterocycles. The van der Waals surface area contributed by atoms with Gasteiger partial charge in [0.15, 0.2) is 0 Å². The van der Waals surface area contributed by atoms with E-state index in [1.165, 1.54) is 11.0 Å². The minimum atomic E-state index is -0.730. The van der Waals surface area contributed by atoms with E-state index in [1.807, 2.05) is 12.2 Å². The lowest BCUT2D eigenvalue weighted by molar-refractivity contribution is -0.147. The van der Waals surface area contributed by atoms with Crippen molar-refractivity contribution in [2.45, 2.75) is 19.9 Å². The average molecular weight is 374 g/mol. The molecule has 3 amide bonds. The van der Waals surface area contributed by atoms with Gasteiger partial charge in [-0.05, 0) is 37.3 Å². The molecule has 3 aliphatic rings. The number of amides is 3. The lowest BCUT2D eigenvalue weighted by atomic mass is 9.85. The Kier molecular flexibility index (Phi) is 4.32. The van der Waals surface area contributed by atoms with E-state index in [4.69, 9.17) is 0 Å². The fraction of sp³-hybridized carbons (Fsp3) is 0.450. The number of nitrogens with zero attached hydrogens (tertiary/aromatic N) is 2. The summed E-state index contributed by atoms with van der Waals surface area (Å²) in [4.78, 5) is 40.3. The number of halogens is 2. The van der Waals surface area contributed by atoms with Gasteiger partial charge in [-0.1, -0.05) is 18.2 Å². The van der Waals surface area contributed by atoms with Gasteiger partial charge in [0.25, 0.3) is 0 Å². The molecule has 0 spiro atoms. The summed E-state index contributed by atoms with van der Waals surface area (Å²) in [5.74, 6) is -3.14. The zero-order valence-electron chi connectivity index (χ0n) is 14.9. The summed E-state index contributed by atoms with van der Waals surface area (Å²) in [6.45, 7) is 1.27. The molecule has 142 valence electrons. The average Bonchev–Trinajstić information content (AvgIpc) is 3.31. The normalized spacial score (nSPS) is 28.2. The zero-order valence-corrected chi connectivity index (χ0v) is 14.9. The molecule has 0 aromatic heterocycles. The van der Waals surface area contributed by atoms with Crippen LogP contribution in [0.1, 0.15) is 18.9 Å². The molecule has 1 aliphatic heterocycles. The molecule has 2 aliphatic carbocycles. The Hall–Kier alpha value is -2.57. The van der Waals surface area contributed by atoms with Crippen LogP contribution in [0.25, 0.3) is 0 Å². The molecule has 1 heterocycles. The predicted octanol–water partition coefficient (Wildman–Crippen LogP) is 2.12. The van der Waals surface area contributed by atoms with E-state index in [1.54, 1.807) is 6.92 Å². The van der Waals surface area contributed by atoms with Crippen LogP contribution in [0, 0.1) is 35.3 Å². The first-order chi connectivity index (χ1) is 12.9. The molecular formula is C20H20F2N2O3. The standard InChI is InChI=1S/C20H20F2N2O3/c1-2-23(9-13-14(21)4-3-5-15(13)22)16(25)10-24-19(26)17-11-6-7-12(8-11)18(17)20(24)27/h3-7,11-12,17-18H,2,8-10H2,1H3/t11-,12-,17+,18+/m0/s1. The number of likely N-dealkylation sites (N-methyl/N-ethyl adjacent to an activating group) is 1. The smallest absolute Gasteiger partial charge is 0.243 e. The minimum Gasteiger partial charge on any atom is -0.337 e. The third-order valence-electron chi connectivity index (χ3n) is 6.00. The lowest BCUT2D eigenvalue weighted by Gasteiger charge is -2.24. The van der Waals surface area contributed by atoms with Crippen LogP contribution in [0.4, 0.5) is 8.78 Å². The molecule has 27 heavy (non-hydrogen) atoms. The van der Waals surface area contributed by atoms with Crippen LogP contribution in [0.2, 0.25) is 0 Å². The summed E-state index contributed by atoms with van der Waals surface area (Å²) in [5.41, 5.74) is -0.203. The van der Waals surface area contributed by atoms with Crippen molar-refractivity contribution in [3.63, 3.8) is 0 Å². The van der Waals surface area contributed by atoms with Crippen molar-refractivity contribution >= 4 is 17.7 Å². The van der Waals surface area contributed by atoms with E-state index in [9.17, 15) is 23.2 Å². The number of carbonyl (C=O) groups is 3. The fourth-order valence-electron chi connectivity index (χ4n) is 4.61. The summed E-state index contributed by atoms with van der Waals surface area (Å²) in [6.07, 6.45) is 4.80. The number of likely N-dealkylation sites (tertiary alicyclic amines) is 1. The van der Waals surface area contributed by atoms with Crippen LogP contribution >= 0.6 is 0 Å². The van der Waals surface area contributed by atoms with Gasteiger partial charge in [-0.3, -0.25) is 19.3 Å². The van der Waals surface area contributed by atoms with Crippen molar-refractivity contribution in [3.8, 4) is 0 Å². The highest BCUT2D eigenvalue weighted by molar-refractivity contribution is 6.08. The number of imide groups is 1. The molecule has 0 radical (unpaired) electrons. The van der Waals surface area contributed by atoms with E-state index in [2.05, 4.69) is 0 Å². The SMILES string of the molecule is CCN(Cc1c(F)cccc1F)C(=O)CN1C(=O)[C@H]2[C@H](C1=O)[C@H]1C=C[C@H]2C1. The molecule has 1 saturated carbocycles. The molecule has 4 rings (SSSR count). The molecule has 2 fully saturated rings. The van der Waals surface area contributed by atoms with Crippen molar-refractivity contribution < 1.29 is 23.2 Å². The first-order valence-corrected chi connectivity index (χ1v) is 9.16. The van der Waals surface area contributed by atoms with Crippen molar-refractivity contribution in [3.05, 3.63) is 47.5 Å². The van der Waals surface area contributed by atoms with Crippen LogP contribution < -0.4 is 0 Å². The van der Waals surface area contributed by atoms with Crippen molar-refractivity contribution in [2.75, 3.05) is 13.1 Å².